The second kappa shape index (κ2) is 6.91. The van der Waals surface area contributed by atoms with Crippen molar-refractivity contribution in [2.75, 3.05) is 13.1 Å². The Bertz CT molecular complexity index is 241. The third-order valence-corrected chi connectivity index (χ3v) is 5.10. The standard InChI is InChI=1S/C16H32N2/c1-4-10-17-15-9-11-18(14(3)12-15)16-8-6-5-7-13(16)2/h13-17H,4-12H2,1-3H3. The van der Waals surface area contributed by atoms with Gasteiger partial charge in [-0.3, -0.25) is 4.90 Å². The summed E-state index contributed by atoms with van der Waals surface area (Å²) in [4.78, 5) is 2.83. The van der Waals surface area contributed by atoms with Crippen molar-refractivity contribution in [2.24, 2.45) is 5.92 Å². The largest absolute Gasteiger partial charge is 0.314 e. The Balaban J connectivity index is 1.84. The zero-order valence-corrected chi connectivity index (χ0v) is 12.6. The van der Waals surface area contributed by atoms with Gasteiger partial charge in [-0.25, -0.2) is 0 Å². The lowest BCUT2D eigenvalue weighted by Gasteiger charge is -2.46. The minimum atomic E-state index is 0.773. The number of hydrogen-bond donors (Lipinski definition) is 1. The van der Waals surface area contributed by atoms with E-state index in [1.807, 2.05) is 0 Å². The van der Waals surface area contributed by atoms with Crippen LogP contribution in [0, 0.1) is 5.92 Å². The van der Waals surface area contributed by atoms with Crippen molar-refractivity contribution in [2.45, 2.75) is 83.8 Å². The van der Waals surface area contributed by atoms with Gasteiger partial charge in [-0.2, -0.15) is 0 Å². The van der Waals surface area contributed by atoms with Crippen LogP contribution in [0.5, 0.6) is 0 Å². The lowest BCUT2D eigenvalue weighted by Crippen LogP contribution is -2.53. The van der Waals surface area contributed by atoms with E-state index in [1.165, 1.54) is 58.0 Å². The van der Waals surface area contributed by atoms with Crippen LogP contribution < -0.4 is 5.32 Å². The highest BCUT2D eigenvalue weighted by Gasteiger charge is 2.33. The van der Waals surface area contributed by atoms with Crippen molar-refractivity contribution in [1.29, 1.82) is 0 Å². The summed E-state index contributed by atoms with van der Waals surface area (Å²) in [5.74, 6) is 0.918. The fourth-order valence-corrected chi connectivity index (χ4v) is 4.01. The van der Waals surface area contributed by atoms with Crippen molar-refractivity contribution in [3.8, 4) is 0 Å². The Morgan fingerprint density at radius 1 is 1.11 bits per heavy atom. The van der Waals surface area contributed by atoms with Crippen LogP contribution >= 0.6 is 0 Å². The van der Waals surface area contributed by atoms with Gasteiger partial charge in [-0.05, 0) is 51.5 Å². The van der Waals surface area contributed by atoms with E-state index in [4.69, 9.17) is 0 Å². The van der Waals surface area contributed by atoms with Crippen molar-refractivity contribution in [1.82, 2.24) is 10.2 Å². The molecule has 2 fully saturated rings. The molecule has 1 aliphatic heterocycles. The fourth-order valence-electron chi connectivity index (χ4n) is 4.01. The Morgan fingerprint density at radius 3 is 2.56 bits per heavy atom. The lowest BCUT2D eigenvalue weighted by atomic mass is 9.82. The number of nitrogens with one attached hydrogen (secondary N) is 1. The third kappa shape index (κ3) is 3.48. The van der Waals surface area contributed by atoms with Crippen LogP contribution in [0.15, 0.2) is 0 Å². The van der Waals surface area contributed by atoms with Crippen LogP contribution in [-0.2, 0) is 0 Å². The summed E-state index contributed by atoms with van der Waals surface area (Å²) in [6, 6.07) is 2.43. The summed E-state index contributed by atoms with van der Waals surface area (Å²) in [5.41, 5.74) is 0. The van der Waals surface area contributed by atoms with E-state index in [-0.39, 0.29) is 0 Å². The molecule has 0 amide bonds. The molecule has 1 saturated heterocycles. The normalized spacial score (nSPS) is 38.8. The van der Waals surface area contributed by atoms with E-state index in [1.54, 1.807) is 0 Å². The topological polar surface area (TPSA) is 15.3 Å². The van der Waals surface area contributed by atoms with Gasteiger partial charge in [-0.15, -0.1) is 0 Å². The predicted octanol–water partition coefficient (Wildman–Crippen LogP) is 3.42. The molecule has 18 heavy (non-hydrogen) atoms. The summed E-state index contributed by atoms with van der Waals surface area (Å²) < 4.78 is 0. The van der Waals surface area contributed by atoms with Crippen molar-refractivity contribution < 1.29 is 0 Å². The van der Waals surface area contributed by atoms with Crippen LogP contribution in [0.1, 0.15) is 65.7 Å². The molecule has 0 radical (unpaired) electrons. The van der Waals surface area contributed by atoms with Crippen molar-refractivity contribution in [3.05, 3.63) is 0 Å². The monoisotopic (exact) mass is 252 g/mol. The first kappa shape index (κ1) is 14.3. The SMILES string of the molecule is CCCNC1CCN(C2CCCCC2C)C(C)C1. The molecule has 0 bridgehead atoms. The number of piperidine rings is 1. The van der Waals surface area contributed by atoms with Gasteiger partial charge in [0.05, 0.1) is 0 Å². The van der Waals surface area contributed by atoms with Gasteiger partial charge in [0, 0.05) is 24.7 Å². The van der Waals surface area contributed by atoms with Gasteiger partial charge in [0.2, 0.25) is 0 Å². The molecule has 1 N–H and O–H groups in total. The molecule has 1 aliphatic carbocycles. The van der Waals surface area contributed by atoms with E-state index in [0.717, 1.165) is 24.0 Å². The predicted molar refractivity (Wildman–Crippen MR) is 78.9 cm³/mol. The molecule has 0 aromatic heterocycles. The van der Waals surface area contributed by atoms with Gasteiger partial charge in [0.25, 0.3) is 0 Å². The highest BCUT2D eigenvalue weighted by Crippen LogP contribution is 2.32. The second-order valence-corrected chi connectivity index (χ2v) is 6.59. The highest BCUT2D eigenvalue weighted by atomic mass is 15.2. The van der Waals surface area contributed by atoms with E-state index >= 15 is 0 Å². The molecule has 2 heteroatoms. The van der Waals surface area contributed by atoms with E-state index < -0.39 is 0 Å². The maximum Gasteiger partial charge on any atom is 0.0124 e. The van der Waals surface area contributed by atoms with E-state index in [2.05, 4.69) is 31.0 Å². The third-order valence-electron chi connectivity index (χ3n) is 5.10. The molecule has 106 valence electrons. The zero-order valence-electron chi connectivity index (χ0n) is 12.6. The first-order valence-corrected chi connectivity index (χ1v) is 8.21. The smallest absolute Gasteiger partial charge is 0.0124 e. The molecule has 0 aromatic carbocycles. The average molecular weight is 252 g/mol. The molecule has 2 rings (SSSR count). The summed E-state index contributed by atoms with van der Waals surface area (Å²) in [5, 5.41) is 3.71. The molecule has 0 spiro atoms. The molecular weight excluding hydrogens is 220 g/mol. The quantitative estimate of drug-likeness (QED) is 0.825. The van der Waals surface area contributed by atoms with Gasteiger partial charge >= 0.3 is 0 Å². The summed E-state index contributed by atoms with van der Waals surface area (Å²) in [6.45, 7) is 9.68. The summed E-state index contributed by atoms with van der Waals surface area (Å²) in [6.07, 6.45) is 9.77. The van der Waals surface area contributed by atoms with Crippen molar-refractivity contribution >= 4 is 0 Å². The molecule has 0 aromatic rings. The Hall–Kier alpha value is -0.0800. The van der Waals surface area contributed by atoms with E-state index in [9.17, 15) is 0 Å². The molecule has 2 nitrogen and oxygen atoms in total. The maximum atomic E-state index is 3.71. The molecule has 4 atom stereocenters. The first-order chi connectivity index (χ1) is 8.72. The second-order valence-electron chi connectivity index (χ2n) is 6.59. The fraction of sp³-hybridized carbons (Fsp3) is 1.00. The Morgan fingerprint density at radius 2 is 1.89 bits per heavy atom. The maximum absolute atomic E-state index is 3.71. The number of nitrogens with zero attached hydrogens (tertiary/aromatic N) is 1. The number of likely N-dealkylation sites (tertiary alicyclic amines) is 1. The van der Waals surface area contributed by atoms with Crippen LogP contribution in [0.3, 0.4) is 0 Å². The molecule has 1 saturated carbocycles. The molecule has 2 aliphatic rings. The molecule has 1 heterocycles. The molecular formula is C16H32N2. The highest BCUT2D eigenvalue weighted by molar-refractivity contribution is 4.90. The van der Waals surface area contributed by atoms with Crippen LogP contribution in [0.4, 0.5) is 0 Å². The minimum absolute atomic E-state index is 0.773. The number of hydrogen-bond acceptors (Lipinski definition) is 2. The van der Waals surface area contributed by atoms with Gasteiger partial charge in [-0.1, -0.05) is 26.7 Å². The summed E-state index contributed by atoms with van der Waals surface area (Å²) >= 11 is 0. The zero-order chi connectivity index (χ0) is 13.0. The van der Waals surface area contributed by atoms with Crippen LogP contribution in [-0.4, -0.2) is 36.1 Å². The van der Waals surface area contributed by atoms with Gasteiger partial charge < -0.3 is 5.32 Å². The Labute approximate surface area is 114 Å². The van der Waals surface area contributed by atoms with Crippen LogP contribution in [0.2, 0.25) is 0 Å². The average Bonchev–Trinajstić information content (AvgIpc) is 2.38. The van der Waals surface area contributed by atoms with Gasteiger partial charge in [0.15, 0.2) is 0 Å². The molecule has 4 unspecified atom stereocenters. The van der Waals surface area contributed by atoms with Crippen molar-refractivity contribution in [3.63, 3.8) is 0 Å². The minimum Gasteiger partial charge on any atom is -0.314 e. The van der Waals surface area contributed by atoms with E-state index in [0.29, 0.717) is 0 Å². The van der Waals surface area contributed by atoms with Gasteiger partial charge in [0.1, 0.15) is 0 Å². The lowest BCUT2D eigenvalue weighted by molar-refractivity contribution is 0.0409. The summed E-state index contributed by atoms with van der Waals surface area (Å²) in [7, 11) is 0. The Kier molecular flexibility index (Phi) is 5.50. The first-order valence-electron chi connectivity index (χ1n) is 8.21. The number of rotatable bonds is 4. The van der Waals surface area contributed by atoms with Crippen LogP contribution in [0.25, 0.3) is 0 Å².